The number of aromatic hydroxyl groups is 1. The van der Waals surface area contributed by atoms with Crippen molar-refractivity contribution < 1.29 is 5.11 Å². The second kappa shape index (κ2) is 6.91. The topological polar surface area (TPSA) is 75.9 Å². The van der Waals surface area contributed by atoms with Crippen LogP contribution in [0.4, 0.5) is 5.95 Å². The zero-order chi connectivity index (χ0) is 16.1. The fourth-order valence-corrected chi connectivity index (χ4v) is 2.36. The van der Waals surface area contributed by atoms with Crippen LogP contribution in [0.5, 0.6) is 5.75 Å². The van der Waals surface area contributed by atoms with Crippen molar-refractivity contribution in [3.63, 3.8) is 0 Å². The first-order valence-corrected chi connectivity index (χ1v) is 7.61. The van der Waals surface area contributed by atoms with Crippen molar-refractivity contribution >= 4 is 5.95 Å². The van der Waals surface area contributed by atoms with E-state index in [1.807, 2.05) is 25.3 Å². The highest BCUT2D eigenvalue weighted by atomic mass is 16.3. The molecule has 0 bridgehead atoms. The van der Waals surface area contributed by atoms with Gasteiger partial charge < -0.3 is 15.0 Å². The smallest absolute Gasteiger partial charge is 0.222 e. The number of phenols is 1. The first-order valence-electron chi connectivity index (χ1n) is 7.61. The molecule has 0 radical (unpaired) electrons. The highest BCUT2D eigenvalue weighted by Crippen LogP contribution is 2.17. The Labute approximate surface area is 134 Å². The second-order valence-electron chi connectivity index (χ2n) is 5.19. The normalized spacial score (nSPS) is 10.7. The van der Waals surface area contributed by atoms with E-state index >= 15 is 0 Å². The van der Waals surface area contributed by atoms with E-state index in [1.165, 1.54) is 5.56 Å². The maximum absolute atomic E-state index is 9.33. The third kappa shape index (κ3) is 3.66. The molecule has 0 saturated heterocycles. The number of nitrogens with one attached hydrogen (secondary N) is 1. The molecule has 0 saturated carbocycles. The number of phenolic OH excluding ortho intramolecular Hbond substituents is 1. The molecule has 6 nitrogen and oxygen atoms in total. The van der Waals surface area contributed by atoms with Gasteiger partial charge in [-0.05, 0) is 31.0 Å². The third-order valence-corrected chi connectivity index (χ3v) is 3.54. The zero-order valence-corrected chi connectivity index (χ0v) is 13.0. The van der Waals surface area contributed by atoms with Crippen molar-refractivity contribution in [2.24, 2.45) is 0 Å². The Kier molecular flexibility index (Phi) is 4.52. The maximum Gasteiger partial charge on any atom is 0.222 e. The number of anilines is 1. The van der Waals surface area contributed by atoms with E-state index in [1.54, 1.807) is 30.7 Å². The lowest BCUT2D eigenvalue weighted by Gasteiger charge is -2.08. The summed E-state index contributed by atoms with van der Waals surface area (Å²) in [5, 5.41) is 12.4. The van der Waals surface area contributed by atoms with Crippen molar-refractivity contribution in [2.75, 3.05) is 11.9 Å². The average molecular weight is 309 g/mol. The molecule has 2 heterocycles. The molecule has 0 amide bonds. The standard InChI is InChI=1S/C17H19N5O/c1-2-18-17-20-11-14(12-21-17)16-19-8-10-22(16)9-7-13-3-5-15(23)6-4-13/h3-6,8,10-12,23H,2,7,9H2,1H3,(H,18,20,21). The Morgan fingerprint density at radius 1 is 1.09 bits per heavy atom. The summed E-state index contributed by atoms with van der Waals surface area (Å²) in [6.07, 6.45) is 8.16. The van der Waals surface area contributed by atoms with E-state index < -0.39 is 0 Å². The van der Waals surface area contributed by atoms with E-state index in [0.29, 0.717) is 5.95 Å². The first-order chi connectivity index (χ1) is 11.3. The minimum atomic E-state index is 0.287. The predicted molar refractivity (Wildman–Crippen MR) is 89.2 cm³/mol. The molecule has 1 aromatic carbocycles. The summed E-state index contributed by atoms with van der Waals surface area (Å²) in [5.41, 5.74) is 2.06. The molecule has 0 fully saturated rings. The molecule has 0 spiro atoms. The van der Waals surface area contributed by atoms with Crippen molar-refractivity contribution in [3.05, 3.63) is 54.6 Å². The van der Waals surface area contributed by atoms with Gasteiger partial charge in [-0.3, -0.25) is 0 Å². The molecule has 23 heavy (non-hydrogen) atoms. The number of hydrogen-bond acceptors (Lipinski definition) is 5. The minimum Gasteiger partial charge on any atom is -0.508 e. The van der Waals surface area contributed by atoms with Crippen molar-refractivity contribution in [3.8, 4) is 17.1 Å². The highest BCUT2D eigenvalue weighted by Gasteiger charge is 2.07. The zero-order valence-electron chi connectivity index (χ0n) is 13.0. The van der Waals surface area contributed by atoms with Gasteiger partial charge in [0.05, 0.1) is 5.56 Å². The van der Waals surface area contributed by atoms with Gasteiger partial charge in [-0.2, -0.15) is 0 Å². The van der Waals surface area contributed by atoms with Crippen LogP contribution in [0, 0.1) is 0 Å². The molecule has 118 valence electrons. The molecule has 0 aliphatic carbocycles. The van der Waals surface area contributed by atoms with E-state index in [2.05, 4.69) is 24.8 Å². The van der Waals surface area contributed by atoms with Crippen LogP contribution in [0.3, 0.4) is 0 Å². The molecule has 3 rings (SSSR count). The molecule has 2 aromatic heterocycles. The van der Waals surface area contributed by atoms with Crippen LogP contribution in [-0.2, 0) is 13.0 Å². The van der Waals surface area contributed by atoms with E-state index in [-0.39, 0.29) is 5.75 Å². The Morgan fingerprint density at radius 2 is 1.83 bits per heavy atom. The Hall–Kier alpha value is -2.89. The summed E-state index contributed by atoms with van der Waals surface area (Å²) in [6.45, 7) is 3.60. The number of imidazole rings is 1. The van der Waals surface area contributed by atoms with Crippen LogP contribution in [-0.4, -0.2) is 31.2 Å². The summed E-state index contributed by atoms with van der Waals surface area (Å²) >= 11 is 0. The molecule has 0 atom stereocenters. The summed E-state index contributed by atoms with van der Waals surface area (Å²) in [5.74, 6) is 1.76. The summed E-state index contributed by atoms with van der Waals surface area (Å²) in [6, 6.07) is 7.27. The molecule has 0 unspecified atom stereocenters. The van der Waals surface area contributed by atoms with Crippen molar-refractivity contribution in [1.82, 2.24) is 19.5 Å². The lowest BCUT2D eigenvalue weighted by atomic mass is 10.1. The summed E-state index contributed by atoms with van der Waals surface area (Å²) < 4.78 is 2.08. The van der Waals surface area contributed by atoms with E-state index in [9.17, 15) is 5.11 Å². The number of benzene rings is 1. The van der Waals surface area contributed by atoms with E-state index in [0.717, 1.165) is 30.9 Å². The molecule has 0 aliphatic heterocycles. The molecule has 6 heteroatoms. The number of aryl methyl sites for hydroxylation is 2. The summed E-state index contributed by atoms with van der Waals surface area (Å²) in [7, 11) is 0. The number of aromatic nitrogens is 4. The summed E-state index contributed by atoms with van der Waals surface area (Å²) in [4.78, 5) is 13.0. The fraction of sp³-hybridized carbons (Fsp3) is 0.235. The van der Waals surface area contributed by atoms with Crippen LogP contribution < -0.4 is 5.32 Å². The molecule has 3 aromatic rings. The van der Waals surface area contributed by atoms with Gasteiger partial charge in [-0.15, -0.1) is 0 Å². The molecular weight excluding hydrogens is 290 g/mol. The molecule has 0 aliphatic rings. The van der Waals surface area contributed by atoms with Crippen LogP contribution in [0.1, 0.15) is 12.5 Å². The number of nitrogens with zero attached hydrogens (tertiary/aromatic N) is 4. The van der Waals surface area contributed by atoms with Crippen LogP contribution >= 0.6 is 0 Å². The number of hydrogen-bond donors (Lipinski definition) is 2. The van der Waals surface area contributed by atoms with Crippen LogP contribution in [0.15, 0.2) is 49.1 Å². The van der Waals surface area contributed by atoms with Gasteiger partial charge in [-0.1, -0.05) is 12.1 Å². The molecular formula is C17H19N5O. The highest BCUT2D eigenvalue weighted by molar-refractivity contribution is 5.53. The minimum absolute atomic E-state index is 0.287. The Bertz CT molecular complexity index is 749. The maximum atomic E-state index is 9.33. The van der Waals surface area contributed by atoms with Gasteiger partial charge >= 0.3 is 0 Å². The number of rotatable bonds is 6. The van der Waals surface area contributed by atoms with Crippen molar-refractivity contribution in [1.29, 1.82) is 0 Å². The van der Waals surface area contributed by atoms with Crippen LogP contribution in [0.25, 0.3) is 11.4 Å². The lowest BCUT2D eigenvalue weighted by molar-refractivity contribution is 0.475. The monoisotopic (exact) mass is 309 g/mol. The van der Waals surface area contributed by atoms with Gasteiger partial charge in [0.15, 0.2) is 0 Å². The van der Waals surface area contributed by atoms with E-state index in [4.69, 9.17) is 0 Å². The van der Waals surface area contributed by atoms with Gasteiger partial charge in [0.1, 0.15) is 11.6 Å². The Balaban J connectivity index is 1.72. The second-order valence-corrected chi connectivity index (χ2v) is 5.19. The van der Waals surface area contributed by atoms with Gasteiger partial charge in [0.25, 0.3) is 0 Å². The fourth-order valence-electron chi connectivity index (χ4n) is 2.36. The first kappa shape index (κ1) is 15.0. The molecule has 2 N–H and O–H groups in total. The SMILES string of the molecule is CCNc1ncc(-c2nccn2CCc2ccc(O)cc2)cn1. The Morgan fingerprint density at radius 3 is 2.52 bits per heavy atom. The predicted octanol–water partition coefficient (Wildman–Crippen LogP) is 2.72. The largest absolute Gasteiger partial charge is 0.508 e. The van der Waals surface area contributed by atoms with Gasteiger partial charge in [0, 0.05) is 37.9 Å². The van der Waals surface area contributed by atoms with Gasteiger partial charge in [-0.25, -0.2) is 15.0 Å². The quantitative estimate of drug-likeness (QED) is 0.732. The van der Waals surface area contributed by atoms with Gasteiger partial charge in [0.2, 0.25) is 5.95 Å². The third-order valence-electron chi connectivity index (χ3n) is 3.54. The van der Waals surface area contributed by atoms with Crippen LogP contribution in [0.2, 0.25) is 0 Å². The lowest BCUT2D eigenvalue weighted by Crippen LogP contribution is -2.05. The average Bonchev–Trinajstić information content (AvgIpc) is 3.04. The van der Waals surface area contributed by atoms with Crippen molar-refractivity contribution in [2.45, 2.75) is 19.9 Å².